The summed E-state index contributed by atoms with van der Waals surface area (Å²) in [6.45, 7) is 11.8. The monoisotopic (exact) mass is 310 g/mol. The van der Waals surface area contributed by atoms with Crippen molar-refractivity contribution in [1.82, 2.24) is 15.5 Å². The number of hydrogen-bond donors (Lipinski definition) is 3. The molecule has 2 aliphatic rings. The van der Waals surface area contributed by atoms with E-state index in [1.165, 1.54) is 32.4 Å². The number of aliphatic hydroxyl groups is 1. The van der Waals surface area contributed by atoms with Crippen molar-refractivity contribution in [1.29, 1.82) is 0 Å². The van der Waals surface area contributed by atoms with Crippen molar-refractivity contribution in [2.75, 3.05) is 39.3 Å². The number of guanidine groups is 1. The van der Waals surface area contributed by atoms with E-state index in [1.54, 1.807) is 0 Å². The third kappa shape index (κ3) is 4.85. The Morgan fingerprint density at radius 1 is 1.18 bits per heavy atom. The Labute approximate surface area is 135 Å². The summed E-state index contributed by atoms with van der Waals surface area (Å²) in [5, 5.41) is 16.2. The van der Waals surface area contributed by atoms with Crippen LogP contribution in [-0.2, 0) is 0 Å². The molecular formula is C17H34N4O. The third-order valence-electron chi connectivity index (χ3n) is 5.10. The second kappa shape index (κ2) is 7.64. The van der Waals surface area contributed by atoms with Gasteiger partial charge in [0, 0.05) is 24.0 Å². The SMILES string of the molecule is CCNC(=NCC(C)(C)N1CCCCC1)NCC1(CO)CC1. The average Bonchev–Trinajstić information content (AvgIpc) is 3.32. The Bertz CT molecular complexity index is 371. The molecule has 0 spiro atoms. The quantitative estimate of drug-likeness (QED) is 0.493. The molecular weight excluding hydrogens is 276 g/mol. The van der Waals surface area contributed by atoms with Crippen molar-refractivity contribution in [3.05, 3.63) is 0 Å². The lowest BCUT2D eigenvalue weighted by atomic mass is 9.99. The molecule has 0 atom stereocenters. The molecule has 128 valence electrons. The topological polar surface area (TPSA) is 59.9 Å². The zero-order chi connectivity index (χ0) is 16.1. The summed E-state index contributed by atoms with van der Waals surface area (Å²) in [5.74, 6) is 0.882. The van der Waals surface area contributed by atoms with Crippen LogP contribution in [-0.4, -0.2) is 60.8 Å². The molecule has 2 rings (SSSR count). The van der Waals surface area contributed by atoms with E-state index in [1.807, 2.05) is 0 Å². The van der Waals surface area contributed by atoms with Gasteiger partial charge in [-0.3, -0.25) is 9.89 Å². The molecule has 1 heterocycles. The Hall–Kier alpha value is -0.810. The average molecular weight is 310 g/mol. The van der Waals surface area contributed by atoms with Gasteiger partial charge in [0.25, 0.3) is 0 Å². The van der Waals surface area contributed by atoms with Crippen LogP contribution in [0, 0.1) is 5.41 Å². The lowest BCUT2D eigenvalue weighted by Gasteiger charge is -2.40. The largest absolute Gasteiger partial charge is 0.396 e. The third-order valence-corrected chi connectivity index (χ3v) is 5.10. The first-order valence-corrected chi connectivity index (χ1v) is 8.89. The number of rotatable bonds is 7. The molecule has 5 nitrogen and oxygen atoms in total. The second-order valence-corrected chi connectivity index (χ2v) is 7.57. The van der Waals surface area contributed by atoms with Crippen LogP contribution >= 0.6 is 0 Å². The van der Waals surface area contributed by atoms with Crippen molar-refractivity contribution in [2.24, 2.45) is 10.4 Å². The zero-order valence-corrected chi connectivity index (χ0v) is 14.6. The van der Waals surface area contributed by atoms with Crippen LogP contribution in [0.2, 0.25) is 0 Å². The van der Waals surface area contributed by atoms with Crippen molar-refractivity contribution >= 4 is 5.96 Å². The first kappa shape index (κ1) is 17.5. The summed E-state index contributed by atoms with van der Waals surface area (Å²) < 4.78 is 0. The lowest BCUT2D eigenvalue weighted by Crippen LogP contribution is -2.50. The molecule has 2 fully saturated rings. The minimum absolute atomic E-state index is 0.108. The molecule has 5 heteroatoms. The van der Waals surface area contributed by atoms with Gasteiger partial charge in [0.1, 0.15) is 0 Å². The molecule has 1 saturated carbocycles. The number of piperidine rings is 1. The van der Waals surface area contributed by atoms with Crippen LogP contribution < -0.4 is 10.6 Å². The van der Waals surface area contributed by atoms with Crippen LogP contribution in [0.15, 0.2) is 4.99 Å². The molecule has 0 amide bonds. The van der Waals surface area contributed by atoms with E-state index in [0.717, 1.165) is 38.4 Å². The fourth-order valence-electron chi connectivity index (χ4n) is 3.05. The van der Waals surface area contributed by atoms with Gasteiger partial charge in [0.05, 0.1) is 13.2 Å². The van der Waals surface area contributed by atoms with Crippen molar-refractivity contribution in [3.8, 4) is 0 Å². The minimum atomic E-state index is 0.108. The first-order chi connectivity index (χ1) is 10.5. The number of aliphatic hydroxyl groups excluding tert-OH is 1. The predicted octanol–water partition coefficient (Wildman–Crippen LogP) is 1.58. The Balaban J connectivity index is 1.87. The summed E-state index contributed by atoms with van der Waals surface area (Å²) in [5.41, 5.74) is 0.218. The number of aliphatic imine (C=N–C) groups is 1. The number of nitrogens with zero attached hydrogens (tertiary/aromatic N) is 2. The highest BCUT2D eigenvalue weighted by Gasteiger charge is 2.41. The van der Waals surface area contributed by atoms with E-state index in [4.69, 9.17) is 4.99 Å². The second-order valence-electron chi connectivity index (χ2n) is 7.57. The van der Waals surface area contributed by atoms with Gasteiger partial charge in [-0.05, 0) is 59.5 Å². The Morgan fingerprint density at radius 3 is 2.41 bits per heavy atom. The fraction of sp³-hybridized carbons (Fsp3) is 0.941. The first-order valence-electron chi connectivity index (χ1n) is 8.89. The lowest BCUT2D eigenvalue weighted by molar-refractivity contribution is 0.102. The van der Waals surface area contributed by atoms with E-state index >= 15 is 0 Å². The molecule has 0 radical (unpaired) electrons. The van der Waals surface area contributed by atoms with Gasteiger partial charge in [0.2, 0.25) is 0 Å². The molecule has 0 aromatic heterocycles. The molecule has 0 aromatic carbocycles. The van der Waals surface area contributed by atoms with Crippen LogP contribution in [0.5, 0.6) is 0 Å². The van der Waals surface area contributed by atoms with E-state index in [9.17, 15) is 5.11 Å². The van der Waals surface area contributed by atoms with Crippen LogP contribution in [0.25, 0.3) is 0 Å². The molecule has 1 saturated heterocycles. The van der Waals surface area contributed by atoms with Crippen molar-refractivity contribution in [3.63, 3.8) is 0 Å². The van der Waals surface area contributed by atoms with Gasteiger partial charge in [-0.25, -0.2) is 0 Å². The standard InChI is InChI=1S/C17H34N4O/c1-4-18-15(20-13-17(14-22)8-9-17)19-12-16(2,3)21-10-6-5-7-11-21/h22H,4-14H2,1-3H3,(H2,18,19,20). The van der Waals surface area contributed by atoms with E-state index in [2.05, 4.69) is 36.3 Å². The number of hydrogen-bond acceptors (Lipinski definition) is 3. The van der Waals surface area contributed by atoms with E-state index in [-0.39, 0.29) is 17.6 Å². The summed E-state index contributed by atoms with van der Waals surface area (Å²) in [6, 6.07) is 0. The molecule has 0 unspecified atom stereocenters. The predicted molar refractivity (Wildman–Crippen MR) is 92.2 cm³/mol. The van der Waals surface area contributed by atoms with Gasteiger partial charge in [-0.1, -0.05) is 6.42 Å². The van der Waals surface area contributed by atoms with Crippen LogP contribution in [0.4, 0.5) is 0 Å². The maximum atomic E-state index is 9.42. The van der Waals surface area contributed by atoms with Gasteiger partial charge in [0.15, 0.2) is 5.96 Å². The van der Waals surface area contributed by atoms with E-state index < -0.39 is 0 Å². The van der Waals surface area contributed by atoms with Gasteiger partial charge in [-0.15, -0.1) is 0 Å². The highest BCUT2D eigenvalue weighted by Crippen LogP contribution is 2.44. The van der Waals surface area contributed by atoms with Crippen LogP contribution in [0.3, 0.4) is 0 Å². The summed E-state index contributed by atoms with van der Waals surface area (Å²) in [4.78, 5) is 7.37. The van der Waals surface area contributed by atoms with Crippen molar-refractivity contribution in [2.45, 2.75) is 58.4 Å². The molecule has 22 heavy (non-hydrogen) atoms. The highest BCUT2D eigenvalue weighted by atomic mass is 16.3. The van der Waals surface area contributed by atoms with Crippen LogP contribution in [0.1, 0.15) is 52.9 Å². The number of nitrogens with one attached hydrogen (secondary N) is 2. The Kier molecular flexibility index (Phi) is 6.09. The normalized spacial score (nSPS) is 22.5. The maximum absolute atomic E-state index is 9.42. The maximum Gasteiger partial charge on any atom is 0.191 e. The molecule has 1 aliphatic carbocycles. The summed E-state index contributed by atoms with van der Waals surface area (Å²) >= 11 is 0. The summed E-state index contributed by atoms with van der Waals surface area (Å²) in [6.07, 6.45) is 6.22. The van der Waals surface area contributed by atoms with Gasteiger partial charge < -0.3 is 15.7 Å². The molecule has 0 aromatic rings. The molecule has 0 bridgehead atoms. The van der Waals surface area contributed by atoms with Gasteiger partial charge in [-0.2, -0.15) is 0 Å². The highest BCUT2D eigenvalue weighted by molar-refractivity contribution is 5.79. The molecule has 3 N–H and O–H groups in total. The smallest absolute Gasteiger partial charge is 0.191 e. The van der Waals surface area contributed by atoms with Gasteiger partial charge >= 0.3 is 0 Å². The Morgan fingerprint density at radius 2 is 1.86 bits per heavy atom. The summed E-state index contributed by atoms with van der Waals surface area (Å²) in [7, 11) is 0. The fourth-order valence-corrected chi connectivity index (χ4v) is 3.05. The number of likely N-dealkylation sites (tertiary alicyclic amines) is 1. The minimum Gasteiger partial charge on any atom is -0.396 e. The molecule has 1 aliphatic heterocycles. The van der Waals surface area contributed by atoms with E-state index in [0.29, 0.717) is 0 Å². The zero-order valence-electron chi connectivity index (χ0n) is 14.6. The van der Waals surface area contributed by atoms with Crippen molar-refractivity contribution < 1.29 is 5.11 Å².